The third-order valence-corrected chi connectivity index (χ3v) is 3.44. The average molecular weight is 373 g/mol. The van der Waals surface area contributed by atoms with Gasteiger partial charge in [-0.3, -0.25) is 25.8 Å². The predicted molar refractivity (Wildman–Crippen MR) is 101 cm³/mol. The van der Waals surface area contributed by atoms with Crippen molar-refractivity contribution in [2.75, 3.05) is 7.11 Å². The summed E-state index contributed by atoms with van der Waals surface area (Å²) in [5.41, 5.74) is 5.72. The number of benzene rings is 1. The molecule has 0 bridgehead atoms. The van der Waals surface area contributed by atoms with Gasteiger partial charge in [-0.2, -0.15) is 0 Å². The fourth-order valence-electron chi connectivity index (χ4n) is 1.99. The van der Waals surface area contributed by atoms with Gasteiger partial charge in [0.15, 0.2) is 5.11 Å². The molecule has 3 N–H and O–H groups in total. The number of carbonyl (C=O) groups is 2. The molecule has 2 rings (SSSR count). The Balaban J connectivity index is 1.72. The molecule has 0 aliphatic rings. The van der Waals surface area contributed by atoms with Gasteiger partial charge in [0.05, 0.1) is 13.5 Å². The lowest BCUT2D eigenvalue weighted by atomic mass is 10.1. The second kappa shape index (κ2) is 9.38. The number of carbonyl (C=O) groups excluding carboxylic acids is 2. The van der Waals surface area contributed by atoms with Gasteiger partial charge >= 0.3 is 0 Å². The molecule has 26 heavy (non-hydrogen) atoms. The molecular formula is C18H19N3O4S. The number of hydrogen-bond acceptors (Lipinski definition) is 5. The molecule has 0 saturated heterocycles. The van der Waals surface area contributed by atoms with E-state index < -0.39 is 5.91 Å². The largest absolute Gasteiger partial charge is 0.497 e. The zero-order valence-corrected chi connectivity index (χ0v) is 15.2. The molecule has 1 aromatic carbocycles. The van der Waals surface area contributed by atoms with Crippen LogP contribution in [0.4, 0.5) is 0 Å². The molecular weight excluding hydrogens is 354 g/mol. The van der Waals surface area contributed by atoms with Crippen molar-refractivity contribution in [1.29, 1.82) is 0 Å². The lowest BCUT2D eigenvalue weighted by molar-refractivity contribution is -0.121. The quantitative estimate of drug-likeness (QED) is 0.421. The minimum absolute atomic E-state index is 0.0154. The van der Waals surface area contributed by atoms with Crippen molar-refractivity contribution < 1.29 is 18.7 Å². The average Bonchev–Trinajstić information content (AvgIpc) is 3.04. The van der Waals surface area contributed by atoms with Crippen LogP contribution in [0.5, 0.6) is 5.75 Å². The van der Waals surface area contributed by atoms with E-state index >= 15 is 0 Å². The molecule has 0 unspecified atom stereocenters. The highest BCUT2D eigenvalue weighted by molar-refractivity contribution is 7.80. The number of rotatable bonds is 5. The zero-order valence-electron chi connectivity index (χ0n) is 14.4. The first kappa shape index (κ1) is 19.2. The summed E-state index contributed by atoms with van der Waals surface area (Å²) in [5.74, 6) is 1.29. The molecule has 0 aliphatic carbocycles. The number of hydrazine groups is 1. The van der Waals surface area contributed by atoms with Crippen LogP contribution in [-0.2, 0) is 16.0 Å². The Hall–Kier alpha value is -3.13. The van der Waals surface area contributed by atoms with Crippen LogP contribution >= 0.6 is 12.2 Å². The SMILES string of the molecule is COc1ccc(CC(=O)NNC(=S)NC(=O)/C=C/c2ccc(C)o2)cc1. The van der Waals surface area contributed by atoms with Crippen LogP contribution in [0, 0.1) is 6.92 Å². The van der Waals surface area contributed by atoms with E-state index in [2.05, 4.69) is 16.2 Å². The van der Waals surface area contributed by atoms with Crippen LogP contribution in [0.1, 0.15) is 17.1 Å². The monoisotopic (exact) mass is 373 g/mol. The fourth-order valence-corrected chi connectivity index (χ4v) is 2.14. The molecule has 2 amide bonds. The lowest BCUT2D eigenvalue weighted by Crippen LogP contribution is -2.48. The molecule has 0 spiro atoms. The van der Waals surface area contributed by atoms with Gasteiger partial charge in [-0.05, 0) is 55.0 Å². The van der Waals surface area contributed by atoms with Crippen molar-refractivity contribution in [3.8, 4) is 5.75 Å². The summed E-state index contributed by atoms with van der Waals surface area (Å²) in [5, 5.41) is 2.40. The molecule has 1 heterocycles. The van der Waals surface area contributed by atoms with Crippen molar-refractivity contribution in [2.45, 2.75) is 13.3 Å². The van der Waals surface area contributed by atoms with Gasteiger partial charge in [0.25, 0.3) is 0 Å². The normalized spacial score (nSPS) is 10.4. The third kappa shape index (κ3) is 6.40. The van der Waals surface area contributed by atoms with Gasteiger partial charge in [-0.25, -0.2) is 0 Å². The van der Waals surface area contributed by atoms with Crippen LogP contribution in [-0.4, -0.2) is 24.0 Å². The summed E-state index contributed by atoms with van der Waals surface area (Å²) in [7, 11) is 1.58. The van der Waals surface area contributed by atoms with Crippen LogP contribution in [0.25, 0.3) is 6.08 Å². The Bertz CT molecular complexity index is 812. The van der Waals surface area contributed by atoms with Crippen LogP contribution in [0.3, 0.4) is 0 Å². The summed E-state index contributed by atoms with van der Waals surface area (Å²) in [6.07, 6.45) is 2.96. The van der Waals surface area contributed by atoms with E-state index in [4.69, 9.17) is 21.4 Å². The van der Waals surface area contributed by atoms with Crippen molar-refractivity contribution in [2.24, 2.45) is 0 Å². The standard InChI is InChI=1S/C18H19N3O4S/c1-12-3-6-15(25-12)9-10-16(22)19-18(26)21-20-17(23)11-13-4-7-14(24-2)8-5-13/h3-10H,11H2,1-2H3,(H,20,23)(H2,19,21,22,26)/b10-9+. The highest BCUT2D eigenvalue weighted by Gasteiger charge is 2.06. The van der Waals surface area contributed by atoms with Crippen LogP contribution < -0.4 is 20.9 Å². The fraction of sp³-hybridized carbons (Fsp3) is 0.167. The molecule has 7 nitrogen and oxygen atoms in total. The molecule has 0 atom stereocenters. The van der Waals surface area contributed by atoms with E-state index in [1.807, 2.05) is 6.92 Å². The zero-order chi connectivity index (χ0) is 18.9. The first-order valence-corrected chi connectivity index (χ1v) is 8.14. The predicted octanol–water partition coefficient (Wildman–Crippen LogP) is 1.87. The van der Waals surface area contributed by atoms with Crippen LogP contribution in [0.15, 0.2) is 46.9 Å². The van der Waals surface area contributed by atoms with Crippen molar-refractivity contribution in [3.63, 3.8) is 0 Å². The van der Waals surface area contributed by atoms with E-state index in [0.717, 1.165) is 11.3 Å². The van der Waals surface area contributed by atoms with E-state index in [9.17, 15) is 9.59 Å². The molecule has 1 aromatic heterocycles. The highest BCUT2D eigenvalue weighted by Crippen LogP contribution is 2.11. The first-order valence-electron chi connectivity index (χ1n) is 7.73. The Labute approximate surface area is 156 Å². The number of ether oxygens (including phenoxy) is 1. The topological polar surface area (TPSA) is 92.6 Å². The van der Waals surface area contributed by atoms with Gasteiger partial charge in [0.2, 0.25) is 11.8 Å². The molecule has 2 aromatic rings. The summed E-state index contributed by atoms with van der Waals surface area (Å²) >= 11 is 4.95. The summed E-state index contributed by atoms with van der Waals surface area (Å²) < 4.78 is 10.4. The lowest BCUT2D eigenvalue weighted by Gasteiger charge is -2.10. The number of methoxy groups -OCH3 is 1. The second-order valence-corrected chi connectivity index (χ2v) is 5.71. The molecule has 0 fully saturated rings. The maximum atomic E-state index is 11.9. The minimum Gasteiger partial charge on any atom is -0.497 e. The Kier molecular flexibility index (Phi) is 6.92. The van der Waals surface area contributed by atoms with Crippen molar-refractivity contribution in [1.82, 2.24) is 16.2 Å². The summed E-state index contributed by atoms with van der Waals surface area (Å²) in [6.45, 7) is 1.81. The Morgan fingerprint density at radius 3 is 2.50 bits per heavy atom. The summed E-state index contributed by atoms with van der Waals surface area (Å²) in [4.78, 5) is 23.6. The second-order valence-electron chi connectivity index (χ2n) is 5.30. The number of nitrogens with one attached hydrogen (secondary N) is 3. The van der Waals surface area contributed by atoms with E-state index in [-0.39, 0.29) is 17.4 Å². The van der Waals surface area contributed by atoms with E-state index in [1.165, 1.54) is 12.2 Å². The molecule has 136 valence electrons. The van der Waals surface area contributed by atoms with E-state index in [0.29, 0.717) is 11.5 Å². The van der Waals surface area contributed by atoms with Gasteiger partial charge in [0.1, 0.15) is 17.3 Å². The number of furan rings is 1. The van der Waals surface area contributed by atoms with Crippen molar-refractivity contribution in [3.05, 3.63) is 59.6 Å². The highest BCUT2D eigenvalue weighted by atomic mass is 32.1. The molecule has 0 saturated carbocycles. The minimum atomic E-state index is -0.444. The van der Waals surface area contributed by atoms with Crippen LogP contribution in [0.2, 0.25) is 0 Å². The maximum Gasteiger partial charge on any atom is 0.250 e. The van der Waals surface area contributed by atoms with Gasteiger partial charge in [-0.1, -0.05) is 12.1 Å². The third-order valence-electron chi connectivity index (χ3n) is 3.24. The summed E-state index contributed by atoms with van der Waals surface area (Å²) in [6, 6.07) is 10.7. The van der Waals surface area contributed by atoms with Gasteiger partial charge in [-0.15, -0.1) is 0 Å². The number of thiocarbonyl (C=S) groups is 1. The molecule has 0 aliphatic heterocycles. The van der Waals surface area contributed by atoms with Gasteiger partial charge < -0.3 is 9.15 Å². The van der Waals surface area contributed by atoms with Gasteiger partial charge in [0, 0.05) is 6.08 Å². The number of aryl methyl sites for hydroxylation is 1. The van der Waals surface area contributed by atoms with Crippen molar-refractivity contribution >= 4 is 35.2 Å². The maximum absolute atomic E-state index is 11.9. The molecule has 8 heteroatoms. The van der Waals surface area contributed by atoms with E-state index in [1.54, 1.807) is 43.5 Å². The smallest absolute Gasteiger partial charge is 0.250 e. The number of hydrogen-bond donors (Lipinski definition) is 3. The Morgan fingerprint density at radius 1 is 1.15 bits per heavy atom. The first-order chi connectivity index (χ1) is 12.5. The molecule has 0 radical (unpaired) electrons. The Morgan fingerprint density at radius 2 is 1.88 bits per heavy atom. The number of amides is 2.